The van der Waals surface area contributed by atoms with Gasteiger partial charge in [-0.1, -0.05) is 25.1 Å². The van der Waals surface area contributed by atoms with E-state index in [0.717, 1.165) is 16.7 Å². The third-order valence-electron chi connectivity index (χ3n) is 4.54. The molecule has 0 aliphatic carbocycles. The Kier molecular flexibility index (Phi) is 7.88. The van der Waals surface area contributed by atoms with Crippen molar-refractivity contribution in [3.05, 3.63) is 60.1 Å². The molecule has 1 aromatic carbocycles. The summed E-state index contributed by atoms with van der Waals surface area (Å²) in [5, 5.41) is 0. The highest BCUT2D eigenvalue weighted by Crippen LogP contribution is 2.36. The van der Waals surface area contributed by atoms with Gasteiger partial charge in [-0.2, -0.15) is 0 Å². The lowest BCUT2D eigenvalue weighted by molar-refractivity contribution is -0.274. The van der Waals surface area contributed by atoms with Crippen molar-refractivity contribution < 1.29 is 22.6 Å². The van der Waals surface area contributed by atoms with Gasteiger partial charge in [0.25, 0.3) is 0 Å². The van der Waals surface area contributed by atoms with Gasteiger partial charge < -0.3 is 9.47 Å². The van der Waals surface area contributed by atoms with E-state index in [9.17, 15) is 13.2 Å². The summed E-state index contributed by atoms with van der Waals surface area (Å²) < 4.78 is 46.9. The Labute approximate surface area is 174 Å². The number of hydrogen-bond donors (Lipinski definition) is 0. The van der Waals surface area contributed by atoms with Crippen LogP contribution in [0.1, 0.15) is 32.9 Å². The molecule has 0 spiro atoms. The molecule has 0 amide bonds. The summed E-state index contributed by atoms with van der Waals surface area (Å²) in [6.45, 7) is 9.66. The Morgan fingerprint density at radius 3 is 2.27 bits per heavy atom. The first-order valence-electron chi connectivity index (χ1n) is 9.37. The van der Waals surface area contributed by atoms with E-state index >= 15 is 0 Å². The van der Waals surface area contributed by atoms with Crippen molar-refractivity contribution in [3.8, 4) is 16.9 Å². The number of aromatic nitrogens is 1. The van der Waals surface area contributed by atoms with Crippen LogP contribution in [0, 0.1) is 0 Å². The van der Waals surface area contributed by atoms with E-state index in [0.29, 0.717) is 18.7 Å². The second kappa shape index (κ2) is 10.2. The minimum absolute atomic E-state index is 0.271. The van der Waals surface area contributed by atoms with E-state index in [-0.39, 0.29) is 5.75 Å². The van der Waals surface area contributed by atoms with Crippen molar-refractivity contribution in [1.82, 2.24) is 4.98 Å². The van der Waals surface area contributed by atoms with Crippen molar-refractivity contribution in [1.29, 1.82) is 0 Å². The van der Waals surface area contributed by atoms with Gasteiger partial charge in [-0.3, -0.25) is 9.98 Å². The predicted molar refractivity (Wildman–Crippen MR) is 112 cm³/mol. The zero-order valence-electron chi connectivity index (χ0n) is 17.1. The van der Waals surface area contributed by atoms with Crippen molar-refractivity contribution in [2.45, 2.75) is 39.2 Å². The number of aliphatic imine (C=N–C) groups is 2. The number of halogens is 3. The SMILES string of the molecule is C=N/C=N\C=C(/C)C(CC)(OCC)c1ccc(-c2ccc(OC(F)(F)F)cc2)cn1. The minimum atomic E-state index is -4.72. The molecule has 8 heteroatoms. The first kappa shape index (κ1) is 23.3. The quantitative estimate of drug-likeness (QED) is 0.374. The molecule has 0 aliphatic rings. The van der Waals surface area contributed by atoms with Gasteiger partial charge in [0, 0.05) is 24.6 Å². The van der Waals surface area contributed by atoms with Crippen LogP contribution in [-0.4, -0.2) is 31.0 Å². The monoisotopic (exact) mass is 419 g/mol. The van der Waals surface area contributed by atoms with Gasteiger partial charge in [0.2, 0.25) is 0 Å². The van der Waals surface area contributed by atoms with Crippen LogP contribution in [0.15, 0.2) is 64.4 Å². The van der Waals surface area contributed by atoms with E-state index in [1.807, 2.05) is 32.9 Å². The standard InChI is InChI=1S/C22H24F3N3O2/c1-5-21(29-6-2,16(3)13-27-15-26-4)20-12-9-18(14-28-20)17-7-10-19(11-8-17)30-22(23,24)25/h7-15H,4-6H2,1-3H3/b16-13+,27-15-. The molecule has 0 N–H and O–H groups in total. The summed E-state index contributed by atoms with van der Waals surface area (Å²) in [6.07, 6.45) is 0.599. The van der Waals surface area contributed by atoms with Crippen molar-refractivity contribution in [2.75, 3.05) is 6.61 Å². The number of rotatable bonds is 9. The highest BCUT2D eigenvalue weighted by molar-refractivity contribution is 5.64. The lowest BCUT2D eigenvalue weighted by Crippen LogP contribution is -2.31. The van der Waals surface area contributed by atoms with Gasteiger partial charge in [0.05, 0.1) is 5.69 Å². The fourth-order valence-corrected chi connectivity index (χ4v) is 3.15. The molecule has 0 saturated heterocycles. The smallest absolute Gasteiger partial charge is 0.406 e. The number of alkyl halides is 3. The highest BCUT2D eigenvalue weighted by atomic mass is 19.4. The highest BCUT2D eigenvalue weighted by Gasteiger charge is 2.35. The second-order valence-corrected chi connectivity index (χ2v) is 6.38. The summed E-state index contributed by atoms with van der Waals surface area (Å²) in [6, 6.07) is 9.34. The third-order valence-corrected chi connectivity index (χ3v) is 4.54. The molecule has 0 aliphatic heterocycles. The fraction of sp³-hybridized carbons (Fsp3) is 0.318. The molecule has 0 fully saturated rings. The van der Waals surface area contributed by atoms with Gasteiger partial charge in [0.1, 0.15) is 17.7 Å². The third kappa shape index (κ3) is 5.76. The molecule has 30 heavy (non-hydrogen) atoms. The van der Waals surface area contributed by atoms with Crippen molar-refractivity contribution in [2.24, 2.45) is 9.98 Å². The molecule has 1 heterocycles. The molecular formula is C22H24F3N3O2. The normalized spacial score (nSPS) is 14.5. The lowest BCUT2D eigenvalue weighted by Gasteiger charge is -2.33. The van der Waals surface area contributed by atoms with E-state index in [1.54, 1.807) is 24.5 Å². The molecule has 0 saturated carbocycles. The topological polar surface area (TPSA) is 56.1 Å². The van der Waals surface area contributed by atoms with E-state index in [1.165, 1.54) is 18.5 Å². The summed E-state index contributed by atoms with van der Waals surface area (Å²) in [7, 11) is 0. The van der Waals surface area contributed by atoms with E-state index in [4.69, 9.17) is 4.74 Å². The Balaban J connectivity index is 2.33. The first-order valence-corrected chi connectivity index (χ1v) is 9.37. The average Bonchev–Trinajstić information content (AvgIpc) is 2.72. The van der Waals surface area contributed by atoms with Crippen molar-refractivity contribution >= 4 is 13.1 Å². The first-order chi connectivity index (χ1) is 14.3. The molecule has 2 rings (SSSR count). The molecule has 160 valence electrons. The lowest BCUT2D eigenvalue weighted by atomic mass is 9.87. The number of ether oxygens (including phenoxy) is 2. The van der Waals surface area contributed by atoms with Gasteiger partial charge >= 0.3 is 6.36 Å². The number of pyridine rings is 1. The largest absolute Gasteiger partial charge is 0.573 e. The molecule has 1 unspecified atom stereocenters. The van der Waals surface area contributed by atoms with Gasteiger partial charge in [-0.15, -0.1) is 13.2 Å². The molecule has 1 aromatic heterocycles. The molecular weight excluding hydrogens is 395 g/mol. The molecule has 5 nitrogen and oxygen atoms in total. The minimum Gasteiger partial charge on any atom is -0.406 e. The molecule has 0 radical (unpaired) electrons. The molecule has 2 aromatic rings. The predicted octanol–water partition coefficient (Wildman–Crippen LogP) is 5.92. The van der Waals surface area contributed by atoms with Crippen LogP contribution < -0.4 is 4.74 Å². The van der Waals surface area contributed by atoms with E-state index in [2.05, 4.69) is 26.4 Å². The summed E-state index contributed by atoms with van der Waals surface area (Å²) in [5.41, 5.74) is 2.30. The maximum absolute atomic E-state index is 12.3. The summed E-state index contributed by atoms with van der Waals surface area (Å²) in [4.78, 5) is 12.3. The van der Waals surface area contributed by atoms with Crippen LogP contribution in [0.25, 0.3) is 11.1 Å². The number of benzene rings is 1. The second-order valence-electron chi connectivity index (χ2n) is 6.38. The zero-order chi connectivity index (χ0) is 22.2. The zero-order valence-corrected chi connectivity index (χ0v) is 17.1. The maximum atomic E-state index is 12.3. The number of nitrogens with zero attached hydrogens (tertiary/aromatic N) is 3. The Hall–Kier alpha value is -3.00. The summed E-state index contributed by atoms with van der Waals surface area (Å²) in [5.74, 6) is -0.271. The Morgan fingerprint density at radius 1 is 1.10 bits per heavy atom. The fourth-order valence-electron chi connectivity index (χ4n) is 3.15. The van der Waals surface area contributed by atoms with Gasteiger partial charge in [-0.25, -0.2) is 4.99 Å². The number of hydrogen-bond acceptors (Lipinski definition) is 4. The Morgan fingerprint density at radius 2 is 1.77 bits per heavy atom. The van der Waals surface area contributed by atoms with Gasteiger partial charge in [0.15, 0.2) is 0 Å². The van der Waals surface area contributed by atoms with Crippen LogP contribution in [0.4, 0.5) is 13.2 Å². The average molecular weight is 419 g/mol. The van der Waals surface area contributed by atoms with Crippen molar-refractivity contribution in [3.63, 3.8) is 0 Å². The van der Waals surface area contributed by atoms with E-state index < -0.39 is 12.0 Å². The van der Waals surface area contributed by atoms with Crippen LogP contribution in [-0.2, 0) is 10.3 Å². The summed E-state index contributed by atoms with van der Waals surface area (Å²) >= 11 is 0. The van der Waals surface area contributed by atoms with Crippen LogP contribution in [0.3, 0.4) is 0 Å². The van der Waals surface area contributed by atoms with Crippen LogP contribution in [0.2, 0.25) is 0 Å². The molecule has 0 bridgehead atoms. The van der Waals surface area contributed by atoms with Gasteiger partial charge in [-0.05, 0) is 56.3 Å². The molecule has 1 atom stereocenters. The Bertz CT molecular complexity index is 891. The van der Waals surface area contributed by atoms with Crippen LogP contribution in [0.5, 0.6) is 5.75 Å². The van der Waals surface area contributed by atoms with Crippen LogP contribution >= 0.6 is 0 Å². The maximum Gasteiger partial charge on any atom is 0.573 e.